The van der Waals surface area contributed by atoms with Crippen LogP contribution in [-0.4, -0.2) is 30.1 Å². The number of piperazine rings is 1. The number of hydrogen-bond donors (Lipinski definition) is 1. The van der Waals surface area contributed by atoms with E-state index in [0.717, 1.165) is 25.2 Å². The third-order valence-electron chi connectivity index (χ3n) is 4.56. The molecule has 0 bridgehead atoms. The molecule has 0 radical (unpaired) electrons. The lowest BCUT2D eigenvalue weighted by atomic mass is 10.00. The van der Waals surface area contributed by atoms with Gasteiger partial charge in [0.1, 0.15) is 5.82 Å². The monoisotopic (exact) mass is 292 g/mol. The number of halogens is 1. The Kier molecular flexibility index (Phi) is 6.19. The average Bonchev–Trinajstić information content (AvgIpc) is 2.46. The van der Waals surface area contributed by atoms with Crippen molar-refractivity contribution in [1.82, 2.24) is 10.2 Å². The minimum absolute atomic E-state index is 0.122. The molecule has 118 valence electrons. The number of benzene rings is 1. The molecule has 0 spiro atoms. The Hall–Kier alpha value is -0.930. The fraction of sp³-hybridized carbons (Fsp3) is 0.667. The highest BCUT2D eigenvalue weighted by atomic mass is 19.1. The Labute approximate surface area is 128 Å². The fourth-order valence-electron chi connectivity index (χ4n) is 3.31. The first-order valence-corrected chi connectivity index (χ1v) is 8.36. The summed E-state index contributed by atoms with van der Waals surface area (Å²) in [6, 6.07) is 6.31. The van der Waals surface area contributed by atoms with Crippen molar-refractivity contribution in [3.05, 3.63) is 35.1 Å². The first kappa shape index (κ1) is 16.4. The van der Waals surface area contributed by atoms with Crippen LogP contribution in [0.1, 0.15) is 50.7 Å². The SMILES string of the molecule is CCCC1CN(Cc2cc(F)ccc2C)C(CCC)CN1. The third kappa shape index (κ3) is 4.52. The number of nitrogens with zero attached hydrogens (tertiary/aromatic N) is 1. The fourth-order valence-corrected chi connectivity index (χ4v) is 3.31. The molecule has 1 N–H and O–H groups in total. The van der Waals surface area contributed by atoms with Crippen molar-refractivity contribution in [2.45, 2.75) is 65.1 Å². The van der Waals surface area contributed by atoms with Crippen LogP contribution in [0, 0.1) is 12.7 Å². The van der Waals surface area contributed by atoms with Gasteiger partial charge in [0.25, 0.3) is 0 Å². The highest BCUT2D eigenvalue weighted by molar-refractivity contribution is 5.26. The highest BCUT2D eigenvalue weighted by Gasteiger charge is 2.27. The lowest BCUT2D eigenvalue weighted by Gasteiger charge is -2.41. The molecule has 0 saturated carbocycles. The second-order valence-corrected chi connectivity index (χ2v) is 6.34. The quantitative estimate of drug-likeness (QED) is 0.856. The summed E-state index contributed by atoms with van der Waals surface area (Å²) in [5.74, 6) is -0.122. The molecule has 1 heterocycles. The van der Waals surface area contributed by atoms with Crippen LogP contribution in [0.4, 0.5) is 4.39 Å². The minimum Gasteiger partial charge on any atom is -0.311 e. The zero-order valence-corrected chi connectivity index (χ0v) is 13.7. The molecular formula is C18H29FN2. The topological polar surface area (TPSA) is 15.3 Å². The van der Waals surface area contributed by atoms with Gasteiger partial charge in [0.05, 0.1) is 0 Å². The highest BCUT2D eigenvalue weighted by Crippen LogP contribution is 2.20. The molecule has 1 aromatic carbocycles. The molecule has 1 aliphatic heterocycles. The van der Waals surface area contributed by atoms with Crippen LogP contribution in [0.5, 0.6) is 0 Å². The molecule has 1 saturated heterocycles. The summed E-state index contributed by atoms with van der Waals surface area (Å²) in [5, 5.41) is 3.68. The summed E-state index contributed by atoms with van der Waals surface area (Å²) < 4.78 is 13.5. The van der Waals surface area contributed by atoms with Crippen molar-refractivity contribution in [3.63, 3.8) is 0 Å². The van der Waals surface area contributed by atoms with Gasteiger partial charge in [0.15, 0.2) is 0 Å². The van der Waals surface area contributed by atoms with Crippen molar-refractivity contribution in [1.29, 1.82) is 0 Å². The van der Waals surface area contributed by atoms with E-state index in [1.54, 1.807) is 12.1 Å². The Balaban J connectivity index is 2.09. The van der Waals surface area contributed by atoms with Gasteiger partial charge in [-0.1, -0.05) is 32.8 Å². The largest absolute Gasteiger partial charge is 0.311 e. The zero-order chi connectivity index (χ0) is 15.2. The van der Waals surface area contributed by atoms with E-state index in [4.69, 9.17) is 0 Å². The number of hydrogen-bond acceptors (Lipinski definition) is 2. The first-order chi connectivity index (χ1) is 10.1. The summed E-state index contributed by atoms with van der Waals surface area (Å²) in [6.45, 7) is 9.57. The predicted molar refractivity (Wildman–Crippen MR) is 86.9 cm³/mol. The molecule has 1 aromatic rings. The predicted octanol–water partition coefficient (Wildman–Crippen LogP) is 3.88. The van der Waals surface area contributed by atoms with E-state index in [1.807, 2.05) is 6.07 Å². The van der Waals surface area contributed by atoms with Gasteiger partial charge < -0.3 is 5.32 Å². The molecule has 0 aromatic heterocycles. The Morgan fingerprint density at radius 3 is 2.71 bits per heavy atom. The van der Waals surface area contributed by atoms with E-state index < -0.39 is 0 Å². The van der Waals surface area contributed by atoms with Gasteiger partial charge in [-0.2, -0.15) is 0 Å². The van der Waals surface area contributed by atoms with Gasteiger partial charge in [-0.3, -0.25) is 4.90 Å². The van der Waals surface area contributed by atoms with Crippen LogP contribution in [0.3, 0.4) is 0 Å². The van der Waals surface area contributed by atoms with E-state index >= 15 is 0 Å². The molecule has 2 unspecified atom stereocenters. The van der Waals surface area contributed by atoms with Gasteiger partial charge >= 0.3 is 0 Å². The summed E-state index contributed by atoms with van der Waals surface area (Å²) in [6.07, 6.45) is 4.84. The maximum absolute atomic E-state index is 13.5. The van der Waals surface area contributed by atoms with Crippen molar-refractivity contribution in [3.8, 4) is 0 Å². The molecule has 2 rings (SSSR count). The molecule has 0 amide bonds. The van der Waals surface area contributed by atoms with E-state index in [9.17, 15) is 4.39 Å². The van der Waals surface area contributed by atoms with Crippen molar-refractivity contribution in [2.75, 3.05) is 13.1 Å². The van der Waals surface area contributed by atoms with Gasteiger partial charge in [0.2, 0.25) is 0 Å². The summed E-state index contributed by atoms with van der Waals surface area (Å²) >= 11 is 0. The lowest BCUT2D eigenvalue weighted by Crippen LogP contribution is -2.55. The Bertz CT molecular complexity index is 447. The third-order valence-corrected chi connectivity index (χ3v) is 4.56. The van der Waals surface area contributed by atoms with E-state index in [-0.39, 0.29) is 5.82 Å². The maximum atomic E-state index is 13.5. The molecule has 2 atom stereocenters. The van der Waals surface area contributed by atoms with Crippen molar-refractivity contribution in [2.24, 2.45) is 0 Å². The number of nitrogens with one attached hydrogen (secondary N) is 1. The first-order valence-electron chi connectivity index (χ1n) is 8.36. The summed E-state index contributed by atoms with van der Waals surface area (Å²) in [7, 11) is 0. The molecule has 3 heteroatoms. The molecular weight excluding hydrogens is 263 g/mol. The maximum Gasteiger partial charge on any atom is 0.123 e. The normalized spacial score (nSPS) is 23.4. The van der Waals surface area contributed by atoms with Crippen LogP contribution in [0.15, 0.2) is 18.2 Å². The van der Waals surface area contributed by atoms with Gasteiger partial charge in [-0.05, 0) is 43.0 Å². The zero-order valence-electron chi connectivity index (χ0n) is 13.7. The van der Waals surface area contributed by atoms with Crippen LogP contribution in [0.25, 0.3) is 0 Å². The standard InChI is InChI=1S/C18H29FN2/c1-4-6-17-13-21(18(7-5-2)11-20-17)12-15-10-16(19)9-8-14(15)3/h8-10,17-18,20H,4-7,11-13H2,1-3H3. The van der Waals surface area contributed by atoms with Crippen molar-refractivity contribution < 1.29 is 4.39 Å². The van der Waals surface area contributed by atoms with Gasteiger partial charge in [-0.15, -0.1) is 0 Å². The number of rotatable bonds is 6. The minimum atomic E-state index is -0.122. The van der Waals surface area contributed by atoms with Crippen LogP contribution >= 0.6 is 0 Å². The van der Waals surface area contributed by atoms with Gasteiger partial charge in [-0.25, -0.2) is 4.39 Å². The summed E-state index contributed by atoms with van der Waals surface area (Å²) in [4.78, 5) is 2.56. The Morgan fingerprint density at radius 2 is 2.00 bits per heavy atom. The van der Waals surface area contributed by atoms with Crippen LogP contribution in [-0.2, 0) is 6.54 Å². The molecule has 0 aliphatic carbocycles. The smallest absolute Gasteiger partial charge is 0.123 e. The average molecular weight is 292 g/mol. The molecule has 1 fully saturated rings. The van der Waals surface area contributed by atoms with E-state index in [0.29, 0.717) is 12.1 Å². The van der Waals surface area contributed by atoms with E-state index in [1.165, 1.54) is 31.2 Å². The molecule has 1 aliphatic rings. The van der Waals surface area contributed by atoms with Crippen molar-refractivity contribution >= 4 is 0 Å². The van der Waals surface area contributed by atoms with Crippen LogP contribution in [0.2, 0.25) is 0 Å². The van der Waals surface area contributed by atoms with E-state index in [2.05, 4.69) is 31.0 Å². The second kappa shape index (κ2) is 7.90. The Morgan fingerprint density at radius 1 is 1.24 bits per heavy atom. The number of aryl methyl sites for hydroxylation is 1. The molecule has 2 nitrogen and oxygen atoms in total. The lowest BCUT2D eigenvalue weighted by molar-refractivity contribution is 0.111. The molecule has 21 heavy (non-hydrogen) atoms. The van der Waals surface area contributed by atoms with Gasteiger partial charge in [0, 0.05) is 31.7 Å². The van der Waals surface area contributed by atoms with Crippen LogP contribution < -0.4 is 5.32 Å². The summed E-state index contributed by atoms with van der Waals surface area (Å²) in [5.41, 5.74) is 2.32. The second-order valence-electron chi connectivity index (χ2n) is 6.34.